The van der Waals surface area contributed by atoms with Gasteiger partial charge in [-0.25, -0.2) is 8.42 Å². The van der Waals surface area contributed by atoms with Crippen LogP contribution < -0.4 is 0 Å². The lowest BCUT2D eigenvalue weighted by Gasteiger charge is -2.02. The number of rotatable bonds is 2. The van der Waals surface area contributed by atoms with Crippen molar-refractivity contribution in [3.05, 3.63) is 33.8 Å². The number of benzene rings is 1. The Hall–Kier alpha value is -0.0600. The van der Waals surface area contributed by atoms with Crippen LogP contribution in [0.5, 0.6) is 0 Å². The van der Waals surface area contributed by atoms with E-state index in [0.717, 1.165) is 10.0 Å². The van der Waals surface area contributed by atoms with Gasteiger partial charge >= 0.3 is 0 Å². The first kappa shape index (κ1) is 11.0. The van der Waals surface area contributed by atoms with Gasteiger partial charge in [0.05, 0.1) is 5.75 Å². The molecular weight excluding hydrogens is 276 g/mol. The summed E-state index contributed by atoms with van der Waals surface area (Å²) in [5.41, 5.74) is 1.70. The van der Waals surface area contributed by atoms with Crippen LogP contribution in [0.4, 0.5) is 0 Å². The van der Waals surface area contributed by atoms with E-state index >= 15 is 0 Å². The molecule has 2 nitrogen and oxygen atoms in total. The van der Waals surface area contributed by atoms with Gasteiger partial charge in [0, 0.05) is 15.2 Å². The van der Waals surface area contributed by atoms with Crippen molar-refractivity contribution < 1.29 is 8.42 Å². The number of hydrogen-bond acceptors (Lipinski definition) is 2. The number of aryl methyl sites for hydroxylation is 1. The van der Waals surface area contributed by atoms with Crippen LogP contribution in [0.15, 0.2) is 22.7 Å². The lowest BCUT2D eigenvalue weighted by Crippen LogP contribution is -1.96. The highest BCUT2D eigenvalue weighted by molar-refractivity contribution is 9.10. The first-order valence-corrected chi connectivity index (χ1v) is 6.83. The second kappa shape index (κ2) is 3.98. The molecular formula is C8H8BrClO2S. The molecule has 0 spiro atoms. The Morgan fingerprint density at radius 3 is 2.62 bits per heavy atom. The molecule has 0 aliphatic rings. The van der Waals surface area contributed by atoms with Crippen LogP contribution in [0.1, 0.15) is 11.1 Å². The minimum Gasteiger partial charge on any atom is -0.212 e. The molecule has 0 heterocycles. The average Bonchev–Trinajstić information content (AvgIpc) is 1.94. The van der Waals surface area contributed by atoms with E-state index in [1.54, 1.807) is 6.07 Å². The summed E-state index contributed by atoms with van der Waals surface area (Å²) in [4.78, 5) is 0. The van der Waals surface area contributed by atoms with Crippen LogP contribution in [0, 0.1) is 6.92 Å². The van der Waals surface area contributed by atoms with E-state index in [1.165, 1.54) is 0 Å². The third-order valence-electron chi connectivity index (χ3n) is 1.53. The molecule has 0 saturated carbocycles. The quantitative estimate of drug-likeness (QED) is 0.782. The fraction of sp³-hybridized carbons (Fsp3) is 0.250. The van der Waals surface area contributed by atoms with Crippen LogP contribution >= 0.6 is 26.6 Å². The molecule has 0 aliphatic carbocycles. The highest BCUT2D eigenvalue weighted by Crippen LogP contribution is 2.21. The summed E-state index contributed by atoms with van der Waals surface area (Å²) >= 11 is 3.26. The van der Waals surface area contributed by atoms with Crippen LogP contribution in [0.3, 0.4) is 0 Å². The zero-order valence-electron chi connectivity index (χ0n) is 6.92. The molecule has 1 aromatic carbocycles. The van der Waals surface area contributed by atoms with Crippen LogP contribution in [0.25, 0.3) is 0 Å². The van der Waals surface area contributed by atoms with Crippen molar-refractivity contribution in [2.24, 2.45) is 0 Å². The van der Waals surface area contributed by atoms with Gasteiger partial charge in [-0.05, 0) is 18.6 Å². The minimum atomic E-state index is -3.47. The van der Waals surface area contributed by atoms with Gasteiger partial charge in [-0.1, -0.05) is 33.6 Å². The molecule has 5 heteroatoms. The first-order valence-electron chi connectivity index (χ1n) is 3.56. The molecule has 13 heavy (non-hydrogen) atoms. The molecule has 0 unspecified atom stereocenters. The summed E-state index contributed by atoms with van der Waals surface area (Å²) in [5, 5.41) is 0. The maximum absolute atomic E-state index is 10.8. The predicted molar refractivity (Wildman–Crippen MR) is 57.4 cm³/mol. The smallest absolute Gasteiger partial charge is 0.212 e. The molecule has 72 valence electrons. The average molecular weight is 284 g/mol. The maximum Gasteiger partial charge on any atom is 0.236 e. The molecule has 0 bridgehead atoms. The van der Waals surface area contributed by atoms with Crippen LogP contribution in [-0.2, 0) is 14.8 Å². The van der Waals surface area contributed by atoms with Crippen LogP contribution in [0.2, 0.25) is 0 Å². The molecule has 0 aliphatic heterocycles. The second-order valence-corrected chi connectivity index (χ2v) is 6.41. The van der Waals surface area contributed by atoms with Crippen LogP contribution in [-0.4, -0.2) is 8.42 Å². The molecule has 1 aromatic rings. The lowest BCUT2D eigenvalue weighted by molar-refractivity contribution is 0.609. The molecule has 0 radical (unpaired) electrons. The van der Waals surface area contributed by atoms with Gasteiger partial charge in [-0.3, -0.25) is 0 Å². The number of hydrogen-bond donors (Lipinski definition) is 0. The first-order chi connectivity index (χ1) is 5.88. The Kier molecular flexibility index (Phi) is 3.38. The van der Waals surface area contributed by atoms with Crippen molar-refractivity contribution in [1.29, 1.82) is 0 Å². The Balaban J connectivity index is 3.08. The summed E-state index contributed by atoms with van der Waals surface area (Å²) in [6, 6.07) is 5.51. The van der Waals surface area contributed by atoms with Crippen molar-refractivity contribution in [1.82, 2.24) is 0 Å². The summed E-state index contributed by atoms with van der Waals surface area (Å²) < 4.78 is 22.4. The fourth-order valence-electron chi connectivity index (χ4n) is 1.000. The monoisotopic (exact) mass is 282 g/mol. The largest absolute Gasteiger partial charge is 0.236 e. The molecule has 0 saturated heterocycles. The Morgan fingerprint density at radius 2 is 2.08 bits per heavy atom. The van der Waals surface area contributed by atoms with Crippen molar-refractivity contribution in [3.8, 4) is 0 Å². The predicted octanol–water partition coefficient (Wildman–Crippen LogP) is 2.83. The van der Waals surface area contributed by atoms with Gasteiger partial charge in [-0.15, -0.1) is 0 Å². The molecule has 0 amide bonds. The molecule has 1 rings (SSSR count). The lowest BCUT2D eigenvalue weighted by atomic mass is 10.2. The van der Waals surface area contributed by atoms with Crippen molar-refractivity contribution in [3.63, 3.8) is 0 Å². The number of halogens is 2. The van der Waals surface area contributed by atoms with E-state index in [4.69, 9.17) is 10.7 Å². The third-order valence-corrected chi connectivity index (χ3v) is 3.29. The van der Waals surface area contributed by atoms with E-state index in [0.29, 0.717) is 5.56 Å². The summed E-state index contributed by atoms with van der Waals surface area (Å²) in [7, 11) is 1.67. The SMILES string of the molecule is Cc1ccc(Br)c(CS(=O)(=O)Cl)c1. The molecule has 0 N–H and O–H groups in total. The van der Waals surface area contributed by atoms with Crippen molar-refractivity contribution in [2.45, 2.75) is 12.7 Å². The van der Waals surface area contributed by atoms with Gasteiger partial charge in [0.15, 0.2) is 0 Å². The van der Waals surface area contributed by atoms with E-state index in [2.05, 4.69) is 15.9 Å². The Bertz CT molecular complexity index is 414. The van der Waals surface area contributed by atoms with Gasteiger partial charge in [0.1, 0.15) is 0 Å². The van der Waals surface area contributed by atoms with E-state index < -0.39 is 9.05 Å². The minimum absolute atomic E-state index is 0.142. The fourth-order valence-corrected chi connectivity index (χ4v) is 2.54. The second-order valence-electron chi connectivity index (χ2n) is 2.78. The highest BCUT2D eigenvalue weighted by Gasteiger charge is 2.09. The van der Waals surface area contributed by atoms with Gasteiger partial charge in [0.25, 0.3) is 0 Å². The Morgan fingerprint density at radius 1 is 1.46 bits per heavy atom. The van der Waals surface area contributed by atoms with Crippen molar-refractivity contribution >= 4 is 35.7 Å². The highest BCUT2D eigenvalue weighted by atomic mass is 79.9. The van der Waals surface area contributed by atoms with Gasteiger partial charge in [0.2, 0.25) is 9.05 Å². The van der Waals surface area contributed by atoms with E-state index in [1.807, 2.05) is 19.1 Å². The zero-order valence-corrected chi connectivity index (χ0v) is 10.1. The standard InChI is InChI=1S/C8H8BrClO2S/c1-6-2-3-8(9)7(4-6)5-13(10,11)12/h2-4H,5H2,1H3. The molecule has 0 fully saturated rings. The van der Waals surface area contributed by atoms with E-state index in [9.17, 15) is 8.42 Å². The molecule has 0 atom stereocenters. The maximum atomic E-state index is 10.8. The van der Waals surface area contributed by atoms with Gasteiger partial charge < -0.3 is 0 Å². The summed E-state index contributed by atoms with van der Waals surface area (Å²) in [6.07, 6.45) is 0. The van der Waals surface area contributed by atoms with Crippen molar-refractivity contribution in [2.75, 3.05) is 0 Å². The normalized spacial score (nSPS) is 11.6. The molecule has 0 aromatic heterocycles. The zero-order chi connectivity index (χ0) is 10.1. The third kappa shape index (κ3) is 3.67. The topological polar surface area (TPSA) is 34.1 Å². The van der Waals surface area contributed by atoms with Gasteiger partial charge in [-0.2, -0.15) is 0 Å². The summed E-state index contributed by atoms with van der Waals surface area (Å²) in [6.45, 7) is 1.90. The van der Waals surface area contributed by atoms with E-state index in [-0.39, 0.29) is 5.75 Å². The summed E-state index contributed by atoms with van der Waals surface area (Å²) in [5.74, 6) is -0.142. The Labute approximate surface area is 90.5 Å².